The first-order valence-electron chi connectivity index (χ1n) is 6.05. The Morgan fingerprint density at radius 1 is 1.48 bits per heavy atom. The van der Waals surface area contributed by atoms with Gasteiger partial charge in [0, 0.05) is 17.8 Å². The normalized spacial score (nSPS) is 11.4. The molecule has 0 radical (unpaired) electrons. The molecule has 2 aromatic rings. The van der Waals surface area contributed by atoms with Gasteiger partial charge in [0.2, 0.25) is 0 Å². The van der Waals surface area contributed by atoms with E-state index in [1.165, 1.54) is 30.3 Å². The molecule has 114 valence electrons. The van der Waals surface area contributed by atoms with Crippen LogP contribution in [0.15, 0.2) is 35.5 Å². The summed E-state index contributed by atoms with van der Waals surface area (Å²) in [4.78, 5) is 0.0398. The molecule has 1 heterocycles. The second kappa shape index (κ2) is 6.33. The van der Waals surface area contributed by atoms with E-state index in [9.17, 15) is 8.42 Å². The Bertz CT molecular complexity index is 730. The molecular weight excluding hydrogens is 316 g/mol. The quantitative estimate of drug-likeness (QED) is 0.831. The van der Waals surface area contributed by atoms with Crippen LogP contribution in [0.2, 0.25) is 5.02 Å². The van der Waals surface area contributed by atoms with Crippen LogP contribution in [0, 0.1) is 0 Å². The molecular formula is C12H15ClN4O3S. The maximum absolute atomic E-state index is 12.3. The van der Waals surface area contributed by atoms with Gasteiger partial charge in [0.1, 0.15) is 10.6 Å². The minimum absolute atomic E-state index is 0.0398. The van der Waals surface area contributed by atoms with Gasteiger partial charge in [0.05, 0.1) is 25.5 Å². The van der Waals surface area contributed by atoms with Gasteiger partial charge >= 0.3 is 0 Å². The molecule has 0 bridgehead atoms. The first-order valence-corrected chi connectivity index (χ1v) is 7.91. The number of aromatic nitrogens is 2. The van der Waals surface area contributed by atoms with Crippen LogP contribution in [0.3, 0.4) is 0 Å². The zero-order valence-electron chi connectivity index (χ0n) is 11.3. The number of benzene rings is 1. The number of sulfonamides is 1. The zero-order chi connectivity index (χ0) is 15.5. The Hall–Kier alpha value is -1.77. The van der Waals surface area contributed by atoms with Crippen molar-refractivity contribution in [3.05, 3.63) is 35.6 Å². The van der Waals surface area contributed by atoms with Gasteiger partial charge in [-0.15, -0.1) is 0 Å². The van der Waals surface area contributed by atoms with Crippen molar-refractivity contribution in [2.75, 3.05) is 18.4 Å². The summed E-state index contributed by atoms with van der Waals surface area (Å²) in [6.45, 7) is 0.812. The van der Waals surface area contributed by atoms with Crippen LogP contribution in [0.5, 0.6) is 5.75 Å². The number of halogens is 1. The van der Waals surface area contributed by atoms with Crippen molar-refractivity contribution >= 4 is 27.3 Å². The van der Waals surface area contributed by atoms with Crippen LogP contribution in [0.4, 0.5) is 5.69 Å². The number of nitrogens with one attached hydrogen (secondary N) is 1. The third kappa shape index (κ3) is 3.66. The minimum atomic E-state index is -3.77. The lowest BCUT2D eigenvalue weighted by Crippen LogP contribution is -2.13. The molecule has 0 aliphatic heterocycles. The number of nitrogens with two attached hydrogens (primary N) is 1. The fourth-order valence-corrected chi connectivity index (χ4v) is 2.89. The van der Waals surface area contributed by atoms with Crippen molar-refractivity contribution in [1.29, 1.82) is 0 Å². The van der Waals surface area contributed by atoms with Crippen molar-refractivity contribution in [3.8, 4) is 5.75 Å². The van der Waals surface area contributed by atoms with E-state index in [1.54, 1.807) is 12.1 Å². The third-order valence-corrected chi connectivity index (χ3v) is 4.24. The Kier molecular flexibility index (Phi) is 4.71. The van der Waals surface area contributed by atoms with Gasteiger partial charge in [-0.2, -0.15) is 5.10 Å². The van der Waals surface area contributed by atoms with Crippen LogP contribution in [0.25, 0.3) is 0 Å². The summed E-state index contributed by atoms with van der Waals surface area (Å²) in [6.07, 6.45) is 2.67. The summed E-state index contributed by atoms with van der Waals surface area (Å²) in [6, 6.07) is 4.66. The monoisotopic (exact) mass is 330 g/mol. The molecule has 0 saturated heterocycles. The maximum atomic E-state index is 12.3. The van der Waals surface area contributed by atoms with Crippen LogP contribution < -0.4 is 15.2 Å². The van der Waals surface area contributed by atoms with Crippen molar-refractivity contribution in [2.45, 2.75) is 11.4 Å². The SMILES string of the molecule is COc1ccc(Cl)cc1NS(=O)(=O)c1cnn(CCN)c1. The second-order valence-electron chi connectivity index (χ2n) is 4.18. The molecule has 0 aliphatic rings. The first-order chi connectivity index (χ1) is 9.96. The molecule has 9 heteroatoms. The van der Waals surface area contributed by atoms with Crippen molar-refractivity contribution < 1.29 is 13.2 Å². The number of anilines is 1. The standard InChI is InChI=1S/C12H15ClN4O3S/c1-20-12-3-2-9(13)6-11(12)16-21(18,19)10-7-15-17(8-10)5-4-14/h2-3,6-8,16H,4-5,14H2,1H3. The predicted octanol–water partition coefficient (Wildman–Crippen LogP) is 1.30. The van der Waals surface area contributed by atoms with Gasteiger partial charge in [-0.05, 0) is 18.2 Å². The van der Waals surface area contributed by atoms with Gasteiger partial charge < -0.3 is 10.5 Å². The number of nitrogens with zero attached hydrogens (tertiary/aromatic N) is 2. The van der Waals surface area contributed by atoms with E-state index < -0.39 is 10.0 Å². The molecule has 0 amide bonds. The second-order valence-corrected chi connectivity index (χ2v) is 6.30. The largest absolute Gasteiger partial charge is 0.495 e. The highest BCUT2D eigenvalue weighted by atomic mass is 35.5. The molecule has 0 saturated carbocycles. The highest BCUT2D eigenvalue weighted by molar-refractivity contribution is 7.92. The van der Waals surface area contributed by atoms with E-state index in [4.69, 9.17) is 22.1 Å². The number of hydrogen-bond donors (Lipinski definition) is 2. The smallest absolute Gasteiger partial charge is 0.265 e. The summed E-state index contributed by atoms with van der Waals surface area (Å²) in [5, 5.41) is 4.33. The molecule has 21 heavy (non-hydrogen) atoms. The van der Waals surface area contributed by atoms with Crippen LogP contribution >= 0.6 is 11.6 Å². The van der Waals surface area contributed by atoms with Crippen LogP contribution in [0.1, 0.15) is 0 Å². The molecule has 0 unspecified atom stereocenters. The fourth-order valence-electron chi connectivity index (χ4n) is 1.70. The molecule has 1 aromatic carbocycles. The highest BCUT2D eigenvalue weighted by Gasteiger charge is 2.18. The van der Waals surface area contributed by atoms with Gasteiger partial charge in [0.15, 0.2) is 0 Å². The molecule has 0 spiro atoms. The molecule has 7 nitrogen and oxygen atoms in total. The van der Waals surface area contributed by atoms with Crippen molar-refractivity contribution in [3.63, 3.8) is 0 Å². The Morgan fingerprint density at radius 2 is 2.24 bits per heavy atom. The predicted molar refractivity (Wildman–Crippen MR) is 80.1 cm³/mol. The maximum Gasteiger partial charge on any atom is 0.265 e. The van der Waals surface area contributed by atoms with Crippen LogP contribution in [-0.4, -0.2) is 31.9 Å². The minimum Gasteiger partial charge on any atom is -0.495 e. The Balaban J connectivity index is 2.30. The van der Waals surface area contributed by atoms with Gasteiger partial charge in [0.25, 0.3) is 10.0 Å². The van der Waals surface area contributed by atoms with Crippen molar-refractivity contribution in [2.24, 2.45) is 5.73 Å². The van der Waals surface area contributed by atoms with E-state index >= 15 is 0 Å². The molecule has 0 atom stereocenters. The van der Waals surface area contributed by atoms with Crippen molar-refractivity contribution in [1.82, 2.24) is 9.78 Å². The summed E-state index contributed by atoms with van der Waals surface area (Å²) in [5.41, 5.74) is 5.66. The Morgan fingerprint density at radius 3 is 2.90 bits per heavy atom. The molecule has 0 aliphatic carbocycles. The topological polar surface area (TPSA) is 99.2 Å². The van der Waals surface area contributed by atoms with E-state index in [2.05, 4.69) is 9.82 Å². The summed E-state index contributed by atoms with van der Waals surface area (Å²) in [5.74, 6) is 0.373. The molecule has 3 N–H and O–H groups in total. The Labute approximate surface area is 127 Å². The zero-order valence-corrected chi connectivity index (χ0v) is 12.9. The van der Waals surface area contributed by atoms with Gasteiger partial charge in [-0.25, -0.2) is 8.42 Å². The number of methoxy groups -OCH3 is 1. The molecule has 2 rings (SSSR count). The summed E-state index contributed by atoms with van der Waals surface area (Å²) < 4.78 is 33.6. The van der Waals surface area contributed by atoms with E-state index in [1.807, 2.05) is 0 Å². The summed E-state index contributed by atoms with van der Waals surface area (Å²) in [7, 11) is -2.33. The number of rotatable bonds is 6. The molecule has 0 fully saturated rings. The van der Waals surface area contributed by atoms with Gasteiger partial charge in [-0.1, -0.05) is 11.6 Å². The fraction of sp³-hybridized carbons (Fsp3) is 0.250. The third-order valence-electron chi connectivity index (χ3n) is 2.68. The van der Waals surface area contributed by atoms with E-state index in [-0.39, 0.29) is 10.6 Å². The average Bonchev–Trinajstić information content (AvgIpc) is 2.88. The lowest BCUT2D eigenvalue weighted by molar-refractivity contribution is 0.417. The average molecular weight is 331 g/mol. The lowest BCUT2D eigenvalue weighted by atomic mass is 10.3. The van der Waals surface area contributed by atoms with Crippen LogP contribution in [-0.2, 0) is 16.6 Å². The summed E-state index contributed by atoms with van der Waals surface area (Å²) >= 11 is 5.87. The molecule has 1 aromatic heterocycles. The highest BCUT2D eigenvalue weighted by Crippen LogP contribution is 2.29. The lowest BCUT2D eigenvalue weighted by Gasteiger charge is -2.11. The van der Waals surface area contributed by atoms with E-state index in [0.717, 1.165) is 0 Å². The number of ether oxygens (including phenoxy) is 1. The number of hydrogen-bond acceptors (Lipinski definition) is 5. The van der Waals surface area contributed by atoms with Gasteiger partial charge in [-0.3, -0.25) is 9.40 Å². The van der Waals surface area contributed by atoms with E-state index in [0.29, 0.717) is 23.9 Å². The first kappa shape index (κ1) is 15.6.